The summed E-state index contributed by atoms with van der Waals surface area (Å²) in [7, 11) is -4.30. The summed E-state index contributed by atoms with van der Waals surface area (Å²) < 4.78 is 66.2. The Morgan fingerprint density at radius 2 is 1.96 bits per heavy atom. The highest BCUT2D eigenvalue weighted by Gasteiger charge is 2.40. The first kappa shape index (κ1) is 17.9. The number of sulfonamides is 1. The Kier molecular flexibility index (Phi) is 5.46. The average Bonchev–Trinajstić information content (AvgIpc) is 2.52. The van der Waals surface area contributed by atoms with E-state index in [9.17, 15) is 21.6 Å². The van der Waals surface area contributed by atoms with Gasteiger partial charge in [0.15, 0.2) is 0 Å². The predicted molar refractivity (Wildman–Crippen MR) is 80.2 cm³/mol. The van der Waals surface area contributed by atoms with Crippen molar-refractivity contribution < 1.29 is 21.6 Å². The summed E-state index contributed by atoms with van der Waals surface area (Å²) >= 11 is 0. The maximum Gasteiger partial charge on any atom is 0.417 e. The molecule has 1 aliphatic rings. The van der Waals surface area contributed by atoms with E-state index in [4.69, 9.17) is 0 Å². The normalized spacial score (nSPS) is 17.4. The number of nitrogens with zero attached hydrogens (tertiary/aromatic N) is 2. The number of hydrogen-bond donors (Lipinski definition) is 0. The molecule has 0 saturated heterocycles. The smallest absolute Gasteiger partial charge is 0.263 e. The first-order valence-electron chi connectivity index (χ1n) is 7.42. The van der Waals surface area contributed by atoms with Crippen molar-refractivity contribution in [3.05, 3.63) is 36.7 Å². The average molecular weight is 348 g/mol. The second-order valence-corrected chi connectivity index (χ2v) is 7.38. The van der Waals surface area contributed by atoms with Gasteiger partial charge in [0.1, 0.15) is 4.90 Å². The van der Waals surface area contributed by atoms with Crippen molar-refractivity contribution in [1.29, 1.82) is 0 Å². The van der Waals surface area contributed by atoms with Crippen LogP contribution in [0.15, 0.2) is 36.0 Å². The van der Waals surface area contributed by atoms with Crippen LogP contribution < -0.4 is 0 Å². The number of aromatic nitrogens is 1. The summed E-state index contributed by atoms with van der Waals surface area (Å²) in [5.41, 5.74) is -1.18. The Morgan fingerprint density at radius 1 is 1.30 bits per heavy atom. The van der Waals surface area contributed by atoms with Crippen LogP contribution in [0.25, 0.3) is 0 Å². The molecular formula is C15H19F3N2O2S. The van der Waals surface area contributed by atoms with Crippen LogP contribution in [-0.4, -0.2) is 30.3 Å². The van der Waals surface area contributed by atoms with Crippen LogP contribution in [0.4, 0.5) is 13.2 Å². The molecule has 0 aliphatic heterocycles. The monoisotopic (exact) mass is 348 g/mol. The van der Waals surface area contributed by atoms with Gasteiger partial charge < -0.3 is 0 Å². The van der Waals surface area contributed by atoms with Crippen LogP contribution in [0.3, 0.4) is 0 Å². The lowest BCUT2D eigenvalue weighted by atomic mass is 9.95. The van der Waals surface area contributed by atoms with Gasteiger partial charge in [0.25, 0.3) is 0 Å². The second-order valence-electron chi connectivity index (χ2n) is 5.52. The molecule has 0 atom stereocenters. The van der Waals surface area contributed by atoms with E-state index in [0.29, 0.717) is 18.9 Å². The fourth-order valence-corrected chi connectivity index (χ4v) is 4.70. The quantitative estimate of drug-likeness (QED) is 0.764. The van der Waals surface area contributed by atoms with Gasteiger partial charge in [-0.05, 0) is 18.9 Å². The Labute approximate surface area is 134 Å². The summed E-state index contributed by atoms with van der Waals surface area (Å²) in [6.07, 6.45) is 2.41. The maximum absolute atomic E-state index is 13.1. The summed E-state index contributed by atoms with van der Waals surface area (Å²) in [4.78, 5) is 2.79. The molecule has 2 rings (SSSR count). The lowest BCUT2D eigenvalue weighted by Crippen LogP contribution is -2.42. The van der Waals surface area contributed by atoms with Crippen molar-refractivity contribution in [3.63, 3.8) is 0 Å². The van der Waals surface area contributed by atoms with E-state index in [1.54, 1.807) is 0 Å². The van der Waals surface area contributed by atoms with Crippen LogP contribution in [0, 0.1) is 0 Å². The van der Waals surface area contributed by atoms with Crippen LogP contribution >= 0.6 is 0 Å². The van der Waals surface area contributed by atoms with Gasteiger partial charge in [-0.25, -0.2) is 8.42 Å². The van der Waals surface area contributed by atoms with Crippen molar-refractivity contribution in [2.75, 3.05) is 6.54 Å². The molecule has 0 radical (unpaired) electrons. The number of pyridine rings is 1. The third-order valence-corrected chi connectivity index (χ3v) is 5.91. The fourth-order valence-electron chi connectivity index (χ4n) is 2.89. The van der Waals surface area contributed by atoms with Gasteiger partial charge >= 0.3 is 6.18 Å². The molecule has 0 N–H and O–H groups in total. The van der Waals surface area contributed by atoms with E-state index in [2.05, 4.69) is 11.6 Å². The van der Waals surface area contributed by atoms with E-state index in [1.165, 1.54) is 6.08 Å². The zero-order chi connectivity index (χ0) is 17.1. The highest BCUT2D eigenvalue weighted by atomic mass is 32.2. The third kappa shape index (κ3) is 3.92. The molecule has 4 nitrogen and oxygen atoms in total. The highest BCUT2D eigenvalue weighted by Crippen LogP contribution is 2.36. The molecule has 0 aromatic carbocycles. The topological polar surface area (TPSA) is 50.3 Å². The zero-order valence-electron chi connectivity index (χ0n) is 12.6. The summed E-state index contributed by atoms with van der Waals surface area (Å²) in [5.74, 6) is 0. The van der Waals surface area contributed by atoms with E-state index in [0.717, 1.165) is 36.0 Å². The Balaban J connectivity index is 2.48. The first-order valence-corrected chi connectivity index (χ1v) is 8.86. The van der Waals surface area contributed by atoms with Gasteiger partial charge in [0.2, 0.25) is 10.0 Å². The Morgan fingerprint density at radius 3 is 2.52 bits per heavy atom. The molecule has 1 heterocycles. The molecule has 1 saturated carbocycles. The third-order valence-electron chi connectivity index (χ3n) is 3.97. The molecule has 1 aromatic heterocycles. The molecule has 8 heteroatoms. The lowest BCUT2D eigenvalue weighted by Gasteiger charge is -2.33. The standard InChI is InChI=1S/C15H19F3N2O2S/c1-2-10-20(12-6-4-3-5-7-12)23(21,22)14-11-19-9-8-13(14)15(16,17)18/h2,8-9,11-12H,1,3-7,10H2. The molecular weight excluding hydrogens is 329 g/mol. The lowest BCUT2D eigenvalue weighted by molar-refractivity contribution is -0.140. The summed E-state index contributed by atoms with van der Waals surface area (Å²) in [5, 5.41) is 0. The largest absolute Gasteiger partial charge is 0.417 e. The van der Waals surface area contributed by atoms with Crippen molar-refractivity contribution in [2.45, 2.75) is 49.2 Å². The van der Waals surface area contributed by atoms with Gasteiger partial charge in [0.05, 0.1) is 5.56 Å². The van der Waals surface area contributed by atoms with Crippen molar-refractivity contribution >= 4 is 10.0 Å². The molecule has 1 aromatic rings. The van der Waals surface area contributed by atoms with Crippen molar-refractivity contribution in [2.24, 2.45) is 0 Å². The molecule has 1 aliphatic carbocycles. The van der Waals surface area contributed by atoms with Crippen LogP contribution in [0.5, 0.6) is 0 Å². The van der Waals surface area contributed by atoms with Crippen molar-refractivity contribution in [3.8, 4) is 0 Å². The van der Waals surface area contributed by atoms with Crippen LogP contribution in [0.2, 0.25) is 0 Å². The zero-order valence-corrected chi connectivity index (χ0v) is 13.4. The van der Waals surface area contributed by atoms with Crippen LogP contribution in [0.1, 0.15) is 37.7 Å². The molecule has 1 fully saturated rings. The van der Waals surface area contributed by atoms with E-state index in [1.807, 2.05) is 0 Å². The maximum atomic E-state index is 13.1. The molecule has 0 bridgehead atoms. The SMILES string of the molecule is C=CCN(C1CCCCC1)S(=O)(=O)c1cnccc1C(F)(F)F. The Bertz CT molecular complexity index is 653. The van der Waals surface area contributed by atoms with Crippen LogP contribution in [-0.2, 0) is 16.2 Å². The minimum atomic E-state index is -4.75. The van der Waals surface area contributed by atoms with Gasteiger partial charge in [0, 0.05) is 25.0 Å². The molecule has 0 amide bonds. The highest BCUT2D eigenvalue weighted by molar-refractivity contribution is 7.89. The predicted octanol–water partition coefficient (Wildman–Crippen LogP) is 3.61. The number of rotatable bonds is 5. The summed E-state index contributed by atoms with van der Waals surface area (Å²) in [6.45, 7) is 3.52. The van der Waals surface area contributed by atoms with Gasteiger partial charge in [-0.2, -0.15) is 17.5 Å². The first-order chi connectivity index (χ1) is 10.8. The number of alkyl halides is 3. The Hall–Kier alpha value is -1.41. The fraction of sp³-hybridized carbons (Fsp3) is 0.533. The second kappa shape index (κ2) is 7.00. The van der Waals surface area contributed by atoms with E-state index >= 15 is 0 Å². The number of halogens is 3. The molecule has 0 spiro atoms. The van der Waals surface area contributed by atoms with Gasteiger partial charge in [-0.3, -0.25) is 4.98 Å². The molecule has 23 heavy (non-hydrogen) atoms. The minimum absolute atomic E-state index is 0.0147. The number of hydrogen-bond acceptors (Lipinski definition) is 3. The minimum Gasteiger partial charge on any atom is -0.263 e. The van der Waals surface area contributed by atoms with Gasteiger partial charge in [-0.15, -0.1) is 6.58 Å². The van der Waals surface area contributed by atoms with E-state index < -0.39 is 26.7 Å². The van der Waals surface area contributed by atoms with Gasteiger partial charge in [-0.1, -0.05) is 25.3 Å². The molecule has 128 valence electrons. The van der Waals surface area contributed by atoms with Crippen molar-refractivity contribution in [1.82, 2.24) is 9.29 Å². The summed E-state index contributed by atoms with van der Waals surface area (Å²) in [6, 6.07) is 0.396. The molecule has 0 unspecified atom stereocenters. The van der Waals surface area contributed by atoms with E-state index in [-0.39, 0.29) is 12.6 Å².